The lowest BCUT2D eigenvalue weighted by Crippen LogP contribution is -2.66. The Balaban J connectivity index is 1.88. The summed E-state index contributed by atoms with van der Waals surface area (Å²) < 4.78 is 44.4. The van der Waals surface area contributed by atoms with Crippen molar-refractivity contribution in [2.45, 2.75) is 51.9 Å². The molecule has 0 spiro atoms. The predicted octanol–water partition coefficient (Wildman–Crippen LogP) is 4.11. The van der Waals surface area contributed by atoms with Crippen molar-refractivity contribution < 1.29 is 27.6 Å². The Morgan fingerprint density at radius 1 is 1.15 bits per heavy atom. The highest BCUT2D eigenvalue weighted by Crippen LogP contribution is 2.52. The first kappa shape index (κ1) is 23.7. The quantitative estimate of drug-likeness (QED) is 0.728. The van der Waals surface area contributed by atoms with E-state index in [1.54, 1.807) is 39.0 Å². The summed E-state index contributed by atoms with van der Waals surface area (Å²) in [6.45, 7) is 5.02. The number of ketones is 1. The first-order valence-electron chi connectivity index (χ1n) is 10.8. The lowest BCUT2D eigenvalue weighted by Gasteiger charge is -2.35. The highest BCUT2D eigenvalue weighted by molar-refractivity contribution is 6.14. The number of hydrogen-bond acceptors (Lipinski definition) is 4. The molecule has 1 N–H and O–H groups in total. The number of carbonyl (C=O) groups is 3. The van der Waals surface area contributed by atoms with E-state index in [1.807, 2.05) is 5.32 Å². The number of carbonyl (C=O) groups excluding carboxylic acids is 3. The van der Waals surface area contributed by atoms with E-state index in [9.17, 15) is 27.6 Å². The number of alkyl halides is 3. The van der Waals surface area contributed by atoms with E-state index < -0.39 is 40.3 Å². The summed E-state index contributed by atoms with van der Waals surface area (Å²) >= 11 is 0. The average molecular weight is 471 g/mol. The predicted molar refractivity (Wildman–Crippen MR) is 117 cm³/mol. The van der Waals surface area contributed by atoms with Gasteiger partial charge in [0.05, 0.1) is 12.1 Å². The zero-order valence-corrected chi connectivity index (χ0v) is 19.0. The molecule has 1 aromatic heterocycles. The molecule has 1 aliphatic carbocycles. The van der Waals surface area contributed by atoms with E-state index in [2.05, 4.69) is 4.98 Å². The molecule has 1 aliphatic heterocycles. The normalized spacial score (nSPS) is 22.1. The van der Waals surface area contributed by atoms with Crippen molar-refractivity contribution >= 4 is 17.6 Å². The fraction of sp³-hybridized carbons (Fsp3) is 0.360. The number of Topliss-reactive ketones (excluding diaryl/α,β-unsaturated/α-hetero) is 1. The number of aryl methyl sites for hydroxylation is 1. The van der Waals surface area contributed by atoms with Crippen LogP contribution in [-0.2, 0) is 16.1 Å². The molecule has 0 unspecified atom stereocenters. The van der Waals surface area contributed by atoms with Gasteiger partial charge >= 0.3 is 6.18 Å². The Bertz CT molecular complexity index is 1200. The van der Waals surface area contributed by atoms with Gasteiger partial charge in [0, 0.05) is 30.1 Å². The number of hydrogen-bond donors (Lipinski definition) is 1. The molecule has 0 bridgehead atoms. The third-order valence-corrected chi connectivity index (χ3v) is 6.19. The number of nitrogens with one attached hydrogen (secondary N) is 1. The molecule has 1 aromatic carbocycles. The summed E-state index contributed by atoms with van der Waals surface area (Å²) in [6.07, 6.45) is -2.38. The molecule has 0 saturated heterocycles. The topological polar surface area (TPSA) is 79.4 Å². The van der Waals surface area contributed by atoms with Crippen molar-refractivity contribution in [3.63, 3.8) is 0 Å². The number of amides is 2. The van der Waals surface area contributed by atoms with Crippen LogP contribution in [0, 0.1) is 12.3 Å². The van der Waals surface area contributed by atoms with Gasteiger partial charge in [-0.05, 0) is 42.5 Å². The first-order chi connectivity index (χ1) is 15.9. The second-order valence-electron chi connectivity index (χ2n) is 9.59. The van der Waals surface area contributed by atoms with Crippen LogP contribution in [0.4, 0.5) is 13.2 Å². The summed E-state index contributed by atoms with van der Waals surface area (Å²) in [7, 11) is 0. The van der Waals surface area contributed by atoms with Gasteiger partial charge in [-0.2, -0.15) is 13.2 Å². The summed E-state index contributed by atoms with van der Waals surface area (Å²) in [5.74, 6) is -3.27. The van der Waals surface area contributed by atoms with Crippen molar-refractivity contribution in [2.75, 3.05) is 0 Å². The summed E-state index contributed by atoms with van der Waals surface area (Å²) in [5.41, 5.74) is -3.66. The van der Waals surface area contributed by atoms with Crippen molar-refractivity contribution in [3.05, 3.63) is 76.8 Å². The second-order valence-corrected chi connectivity index (χ2v) is 9.59. The van der Waals surface area contributed by atoms with Gasteiger partial charge in [-0.15, -0.1) is 0 Å². The van der Waals surface area contributed by atoms with Crippen molar-refractivity contribution in [2.24, 2.45) is 5.41 Å². The Morgan fingerprint density at radius 2 is 1.88 bits per heavy atom. The van der Waals surface area contributed by atoms with E-state index in [0.29, 0.717) is 11.1 Å². The molecule has 2 heterocycles. The molecule has 6 nitrogen and oxygen atoms in total. The third kappa shape index (κ3) is 3.89. The Hall–Kier alpha value is -3.49. The minimum Gasteiger partial charge on any atom is -0.326 e. The van der Waals surface area contributed by atoms with Gasteiger partial charge in [0.2, 0.25) is 5.54 Å². The maximum atomic E-state index is 14.8. The Morgan fingerprint density at radius 3 is 2.50 bits per heavy atom. The largest absolute Gasteiger partial charge is 0.425 e. The fourth-order valence-corrected chi connectivity index (χ4v) is 4.70. The number of pyridine rings is 1. The minimum atomic E-state index is -5.25. The van der Waals surface area contributed by atoms with Crippen molar-refractivity contribution in [1.82, 2.24) is 15.2 Å². The number of allylic oxidation sites excluding steroid dienone is 1. The van der Waals surface area contributed by atoms with Crippen LogP contribution < -0.4 is 5.32 Å². The number of rotatable bonds is 4. The Kier molecular flexibility index (Phi) is 5.62. The van der Waals surface area contributed by atoms with Crippen LogP contribution >= 0.6 is 0 Å². The molecule has 0 radical (unpaired) electrons. The minimum absolute atomic E-state index is 0.00281. The van der Waals surface area contributed by atoms with Crippen LogP contribution in [0.5, 0.6) is 0 Å². The van der Waals surface area contributed by atoms with E-state index >= 15 is 0 Å². The van der Waals surface area contributed by atoms with Gasteiger partial charge in [0.25, 0.3) is 11.8 Å². The Labute approximate surface area is 194 Å². The van der Waals surface area contributed by atoms with Gasteiger partial charge in [0.15, 0.2) is 5.78 Å². The van der Waals surface area contributed by atoms with Gasteiger partial charge < -0.3 is 10.2 Å². The zero-order valence-electron chi connectivity index (χ0n) is 19.0. The molecule has 0 fully saturated rings. The van der Waals surface area contributed by atoms with E-state index in [4.69, 9.17) is 0 Å². The molecule has 9 heteroatoms. The smallest absolute Gasteiger partial charge is 0.326 e. The average Bonchev–Trinajstić information content (AvgIpc) is 2.97. The molecule has 178 valence electrons. The second kappa shape index (κ2) is 8.07. The van der Waals surface area contributed by atoms with Crippen LogP contribution in [0.25, 0.3) is 0 Å². The number of benzene rings is 1. The summed E-state index contributed by atoms with van der Waals surface area (Å²) in [5, 5.41) is 1.95. The molecule has 34 heavy (non-hydrogen) atoms. The van der Waals surface area contributed by atoms with E-state index in [-0.39, 0.29) is 30.6 Å². The molecule has 0 saturated carbocycles. The third-order valence-electron chi connectivity index (χ3n) is 6.19. The fourth-order valence-electron chi connectivity index (χ4n) is 4.70. The van der Waals surface area contributed by atoms with E-state index in [0.717, 1.165) is 4.90 Å². The maximum absolute atomic E-state index is 14.8. The molecule has 2 aliphatic rings. The van der Waals surface area contributed by atoms with Gasteiger partial charge in [-0.1, -0.05) is 37.6 Å². The molecule has 2 aromatic rings. The summed E-state index contributed by atoms with van der Waals surface area (Å²) in [6, 6.07) is 9.26. The zero-order chi connectivity index (χ0) is 24.9. The SMILES string of the molecule is Cc1cccc(C(=O)N[C@]2(C(F)(F)F)C(=O)N(Cc3cccnc3)C3=C2C(=O)CC(C)(C)C3)c1. The van der Waals surface area contributed by atoms with Crippen LogP contribution in [-0.4, -0.2) is 39.2 Å². The van der Waals surface area contributed by atoms with Crippen LogP contribution in [0.1, 0.15) is 48.2 Å². The standard InChI is InChI=1S/C25H24F3N3O3/c1-15-6-4-8-17(10-15)21(33)30-24(25(26,27)28)20-18(11-23(2,3)12-19(20)32)31(22(24)34)14-16-7-5-9-29-13-16/h4-10,13H,11-12,14H2,1-3H3,(H,30,33)/t24-/m0/s1. The lowest BCUT2D eigenvalue weighted by molar-refractivity contribution is -0.190. The number of halogens is 3. The van der Waals surface area contributed by atoms with Crippen molar-refractivity contribution in [1.29, 1.82) is 0 Å². The summed E-state index contributed by atoms with van der Waals surface area (Å²) in [4.78, 5) is 44.7. The monoisotopic (exact) mass is 471 g/mol. The maximum Gasteiger partial charge on any atom is 0.425 e. The van der Waals surface area contributed by atoms with Crippen molar-refractivity contribution in [3.8, 4) is 0 Å². The van der Waals surface area contributed by atoms with Gasteiger partial charge in [-0.3, -0.25) is 19.4 Å². The molecule has 2 amide bonds. The lowest BCUT2D eigenvalue weighted by atomic mass is 9.72. The first-order valence-corrected chi connectivity index (χ1v) is 10.8. The number of aromatic nitrogens is 1. The van der Waals surface area contributed by atoms with Crippen LogP contribution in [0.2, 0.25) is 0 Å². The van der Waals surface area contributed by atoms with Gasteiger partial charge in [-0.25, -0.2) is 0 Å². The number of nitrogens with zero attached hydrogens (tertiary/aromatic N) is 2. The van der Waals surface area contributed by atoms with Crippen LogP contribution in [0.3, 0.4) is 0 Å². The highest BCUT2D eigenvalue weighted by atomic mass is 19.4. The molecular formula is C25H24F3N3O3. The van der Waals surface area contributed by atoms with Crippen LogP contribution in [0.15, 0.2) is 60.1 Å². The van der Waals surface area contributed by atoms with E-state index in [1.165, 1.54) is 30.6 Å². The highest BCUT2D eigenvalue weighted by Gasteiger charge is 2.71. The molecule has 1 atom stereocenters. The molecule has 4 rings (SSSR count). The van der Waals surface area contributed by atoms with Gasteiger partial charge in [0.1, 0.15) is 0 Å². The molecular weight excluding hydrogens is 447 g/mol.